The summed E-state index contributed by atoms with van der Waals surface area (Å²) in [4.78, 5) is 0.297. The summed E-state index contributed by atoms with van der Waals surface area (Å²) in [5.41, 5.74) is 1.48. The normalized spacial score (nSPS) is 12.3. The first-order chi connectivity index (χ1) is 8.05. The van der Waals surface area contributed by atoms with Gasteiger partial charge in [0.15, 0.2) is 15.5 Å². The molecule has 0 aliphatic heterocycles. The van der Waals surface area contributed by atoms with Crippen molar-refractivity contribution in [2.45, 2.75) is 4.90 Å². The van der Waals surface area contributed by atoms with Gasteiger partial charge in [0, 0.05) is 6.26 Å². The van der Waals surface area contributed by atoms with Crippen LogP contribution in [0.2, 0.25) is 0 Å². The van der Waals surface area contributed by atoms with Crippen LogP contribution in [-0.4, -0.2) is 29.3 Å². The van der Waals surface area contributed by atoms with Crippen LogP contribution in [0, 0.1) is 0 Å². The summed E-state index contributed by atoms with van der Waals surface area (Å²) in [6.45, 7) is 0. The van der Waals surface area contributed by atoms with E-state index in [1.54, 1.807) is 28.9 Å². The number of pyridine rings is 1. The lowest BCUT2D eigenvalue weighted by atomic mass is 10.2. The van der Waals surface area contributed by atoms with Crippen LogP contribution in [0.5, 0.6) is 0 Å². The minimum absolute atomic E-state index is 0.297. The standard InChI is InChI=1S/C11H9N3O2S/c1-17(15,16)9-4-2-8-3-5-11-13-12-7-14(11)10(8)6-9/h2-7H,1H3. The number of nitrogens with zero attached hydrogens (tertiary/aromatic N) is 3. The van der Waals surface area contributed by atoms with E-state index in [-0.39, 0.29) is 0 Å². The quantitative estimate of drug-likeness (QED) is 0.650. The summed E-state index contributed by atoms with van der Waals surface area (Å²) in [6, 6.07) is 8.76. The average Bonchev–Trinajstić information content (AvgIpc) is 2.75. The first-order valence-corrected chi connectivity index (χ1v) is 6.87. The number of fused-ring (bicyclic) bond motifs is 3. The molecule has 0 unspecified atom stereocenters. The Morgan fingerprint density at radius 1 is 1.18 bits per heavy atom. The maximum atomic E-state index is 11.5. The molecule has 5 nitrogen and oxygen atoms in total. The molecule has 0 saturated carbocycles. The Morgan fingerprint density at radius 2 is 1.94 bits per heavy atom. The lowest BCUT2D eigenvalue weighted by Crippen LogP contribution is -1.97. The number of aromatic nitrogens is 3. The highest BCUT2D eigenvalue weighted by Crippen LogP contribution is 2.20. The molecule has 6 heteroatoms. The van der Waals surface area contributed by atoms with Crippen LogP contribution in [0.3, 0.4) is 0 Å². The number of sulfone groups is 1. The summed E-state index contributed by atoms with van der Waals surface area (Å²) < 4.78 is 24.8. The van der Waals surface area contributed by atoms with Crippen molar-refractivity contribution >= 4 is 26.4 Å². The van der Waals surface area contributed by atoms with Gasteiger partial charge in [-0.25, -0.2) is 8.42 Å². The van der Waals surface area contributed by atoms with E-state index >= 15 is 0 Å². The van der Waals surface area contributed by atoms with Gasteiger partial charge in [-0.2, -0.15) is 0 Å². The predicted octanol–water partition coefficient (Wildman–Crippen LogP) is 1.29. The molecule has 0 atom stereocenters. The molecule has 17 heavy (non-hydrogen) atoms. The Balaban J connectivity index is 2.48. The Labute approximate surface area is 97.6 Å². The highest BCUT2D eigenvalue weighted by Gasteiger charge is 2.09. The fourth-order valence-corrected chi connectivity index (χ4v) is 2.45. The summed E-state index contributed by atoms with van der Waals surface area (Å²) >= 11 is 0. The molecule has 2 aromatic heterocycles. The topological polar surface area (TPSA) is 64.3 Å². The van der Waals surface area contributed by atoms with Gasteiger partial charge in [0.05, 0.1) is 10.4 Å². The van der Waals surface area contributed by atoms with Gasteiger partial charge in [-0.05, 0) is 29.7 Å². The van der Waals surface area contributed by atoms with Crippen LogP contribution >= 0.6 is 0 Å². The van der Waals surface area contributed by atoms with Gasteiger partial charge in [-0.15, -0.1) is 10.2 Å². The van der Waals surface area contributed by atoms with Gasteiger partial charge in [-0.3, -0.25) is 4.40 Å². The van der Waals surface area contributed by atoms with Crippen LogP contribution in [-0.2, 0) is 9.84 Å². The molecule has 2 heterocycles. The van der Waals surface area contributed by atoms with Gasteiger partial charge in [0.1, 0.15) is 6.33 Å². The molecule has 0 radical (unpaired) electrons. The molecule has 0 fully saturated rings. The van der Waals surface area contributed by atoms with Gasteiger partial charge in [-0.1, -0.05) is 6.07 Å². The van der Waals surface area contributed by atoms with Crippen molar-refractivity contribution < 1.29 is 8.42 Å². The number of hydrogen-bond donors (Lipinski definition) is 0. The van der Waals surface area contributed by atoms with Crippen LogP contribution in [0.15, 0.2) is 41.6 Å². The molecule has 86 valence electrons. The number of benzene rings is 1. The highest BCUT2D eigenvalue weighted by molar-refractivity contribution is 7.90. The monoisotopic (exact) mass is 247 g/mol. The average molecular weight is 247 g/mol. The Morgan fingerprint density at radius 3 is 2.71 bits per heavy atom. The van der Waals surface area contributed by atoms with E-state index < -0.39 is 9.84 Å². The maximum Gasteiger partial charge on any atom is 0.175 e. The predicted molar refractivity (Wildman–Crippen MR) is 63.6 cm³/mol. The minimum atomic E-state index is -3.20. The van der Waals surface area contributed by atoms with Crippen molar-refractivity contribution in [1.29, 1.82) is 0 Å². The Kier molecular flexibility index (Phi) is 1.97. The molecular weight excluding hydrogens is 238 g/mol. The van der Waals surface area contributed by atoms with Crippen LogP contribution in [0.1, 0.15) is 0 Å². The van der Waals surface area contributed by atoms with Crippen molar-refractivity contribution in [3.63, 3.8) is 0 Å². The van der Waals surface area contributed by atoms with Crippen molar-refractivity contribution in [1.82, 2.24) is 14.6 Å². The molecule has 0 saturated heterocycles. The second kappa shape index (κ2) is 3.27. The van der Waals surface area contributed by atoms with Crippen LogP contribution in [0.25, 0.3) is 16.6 Å². The summed E-state index contributed by atoms with van der Waals surface area (Å²) in [6.07, 6.45) is 2.77. The van der Waals surface area contributed by atoms with E-state index in [0.29, 0.717) is 10.5 Å². The van der Waals surface area contributed by atoms with Crippen LogP contribution < -0.4 is 0 Å². The number of rotatable bonds is 1. The molecule has 0 aliphatic carbocycles. The molecule has 0 spiro atoms. The summed E-state index contributed by atoms with van der Waals surface area (Å²) in [5.74, 6) is 0. The van der Waals surface area contributed by atoms with Crippen molar-refractivity contribution in [3.8, 4) is 0 Å². The third-order valence-corrected chi connectivity index (χ3v) is 3.79. The molecule has 0 amide bonds. The SMILES string of the molecule is CS(=O)(=O)c1ccc2ccc3nncn3c2c1. The zero-order valence-corrected chi connectivity index (χ0v) is 9.85. The van der Waals surface area contributed by atoms with Crippen molar-refractivity contribution in [3.05, 3.63) is 36.7 Å². The molecule has 1 aromatic carbocycles. The van der Waals surface area contributed by atoms with E-state index in [1.165, 1.54) is 6.26 Å². The second-order valence-corrected chi connectivity index (χ2v) is 5.90. The lowest BCUT2D eigenvalue weighted by Gasteiger charge is -2.03. The fraction of sp³-hybridized carbons (Fsp3) is 0.0909. The first-order valence-electron chi connectivity index (χ1n) is 4.98. The molecule has 3 aromatic rings. The minimum Gasteiger partial charge on any atom is -0.281 e. The first kappa shape index (κ1) is 10.2. The zero-order chi connectivity index (χ0) is 12.0. The summed E-state index contributed by atoms with van der Waals surface area (Å²) in [5, 5.41) is 8.68. The third-order valence-electron chi connectivity index (χ3n) is 2.68. The van der Waals surface area contributed by atoms with E-state index in [9.17, 15) is 8.42 Å². The Bertz CT molecular complexity index is 821. The van der Waals surface area contributed by atoms with Crippen molar-refractivity contribution in [2.75, 3.05) is 6.26 Å². The Hall–Kier alpha value is -1.95. The smallest absolute Gasteiger partial charge is 0.175 e. The van der Waals surface area contributed by atoms with E-state index in [1.807, 2.05) is 12.1 Å². The van der Waals surface area contributed by atoms with Gasteiger partial charge in [0.2, 0.25) is 0 Å². The van der Waals surface area contributed by atoms with E-state index in [4.69, 9.17) is 0 Å². The summed E-state index contributed by atoms with van der Waals surface area (Å²) in [7, 11) is -3.20. The molecular formula is C11H9N3O2S. The fourth-order valence-electron chi connectivity index (χ4n) is 1.81. The van der Waals surface area contributed by atoms with E-state index in [0.717, 1.165) is 10.9 Å². The van der Waals surface area contributed by atoms with Crippen LogP contribution in [0.4, 0.5) is 0 Å². The lowest BCUT2D eigenvalue weighted by molar-refractivity contribution is 0.602. The maximum absolute atomic E-state index is 11.5. The second-order valence-electron chi connectivity index (χ2n) is 3.89. The zero-order valence-electron chi connectivity index (χ0n) is 9.03. The van der Waals surface area contributed by atoms with Crippen molar-refractivity contribution in [2.24, 2.45) is 0 Å². The van der Waals surface area contributed by atoms with Gasteiger partial charge in [0.25, 0.3) is 0 Å². The largest absolute Gasteiger partial charge is 0.281 e. The van der Waals surface area contributed by atoms with E-state index in [2.05, 4.69) is 10.2 Å². The van der Waals surface area contributed by atoms with Gasteiger partial charge < -0.3 is 0 Å². The molecule has 0 N–H and O–H groups in total. The highest BCUT2D eigenvalue weighted by atomic mass is 32.2. The number of hydrogen-bond acceptors (Lipinski definition) is 4. The third kappa shape index (κ3) is 1.57. The molecule has 3 rings (SSSR count). The molecule has 0 aliphatic rings. The van der Waals surface area contributed by atoms with Gasteiger partial charge >= 0.3 is 0 Å². The molecule has 0 bridgehead atoms.